The Balaban J connectivity index is 1.42. The van der Waals surface area contributed by atoms with Crippen LogP contribution in [0, 0.1) is 5.92 Å². The molecule has 0 saturated carbocycles. The Morgan fingerprint density at radius 3 is 2.64 bits per heavy atom. The van der Waals surface area contributed by atoms with Gasteiger partial charge in [-0.05, 0) is 51.8 Å². The van der Waals surface area contributed by atoms with Crippen LogP contribution in [0.5, 0.6) is 0 Å². The molecule has 5 heterocycles. The normalized spacial score (nSPS) is 32.6. The number of nitrogens with one attached hydrogen (secondary N) is 2. The predicted octanol–water partition coefficient (Wildman–Crippen LogP) is 2.67. The molecule has 3 atom stereocenters. The van der Waals surface area contributed by atoms with Gasteiger partial charge in [0.25, 0.3) is 6.01 Å². The predicted molar refractivity (Wildman–Crippen MR) is 113 cm³/mol. The average Bonchev–Trinajstić information content (AvgIpc) is 3.12. The average molecular weight is 382 g/mol. The van der Waals surface area contributed by atoms with Gasteiger partial charge < -0.3 is 24.9 Å². The van der Waals surface area contributed by atoms with Gasteiger partial charge in [0.05, 0.1) is 0 Å². The summed E-state index contributed by atoms with van der Waals surface area (Å²) in [6.45, 7) is 14.3. The number of piperazine rings is 1. The molecule has 4 aliphatic rings. The lowest BCUT2D eigenvalue weighted by Gasteiger charge is -2.45. The summed E-state index contributed by atoms with van der Waals surface area (Å²) in [5.41, 5.74) is 3.77. The van der Waals surface area contributed by atoms with Crippen LogP contribution in [0.1, 0.15) is 32.3 Å². The minimum Gasteiger partial charge on any atom is -0.423 e. The van der Waals surface area contributed by atoms with E-state index in [4.69, 9.17) is 9.40 Å². The standard InChI is InChI=1S/C22H31N5O/c1-14-11-23-12-15(2)27(14)22-25-21-18(5-4-6-20(21)28-22)16(3)24-19-13-26-9-7-17(19)8-10-26/h4-6,14-15,17,19,23-24H,3,7-13H2,1-2H3/t14-,15-,19?/m0/s1. The third-order valence-electron chi connectivity index (χ3n) is 6.80. The zero-order valence-corrected chi connectivity index (χ0v) is 16.9. The molecule has 1 unspecified atom stereocenters. The Bertz CT molecular complexity index is 859. The van der Waals surface area contributed by atoms with Crippen molar-refractivity contribution in [3.8, 4) is 0 Å². The van der Waals surface area contributed by atoms with Gasteiger partial charge in [-0.2, -0.15) is 4.98 Å². The first-order valence-corrected chi connectivity index (χ1v) is 10.7. The van der Waals surface area contributed by atoms with Crippen molar-refractivity contribution in [3.63, 3.8) is 0 Å². The highest BCUT2D eigenvalue weighted by Crippen LogP contribution is 2.32. The van der Waals surface area contributed by atoms with Crippen molar-refractivity contribution in [1.29, 1.82) is 0 Å². The molecule has 0 spiro atoms. The lowest BCUT2D eigenvalue weighted by molar-refractivity contribution is 0.0801. The Kier molecular flexibility index (Phi) is 4.56. The number of aromatic nitrogens is 1. The lowest BCUT2D eigenvalue weighted by Crippen LogP contribution is -2.55. The zero-order valence-electron chi connectivity index (χ0n) is 16.9. The molecule has 1 aromatic heterocycles. The molecule has 28 heavy (non-hydrogen) atoms. The maximum absolute atomic E-state index is 6.19. The number of rotatable bonds is 4. The summed E-state index contributed by atoms with van der Waals surface area (Å²) in [6, 6.07) is 8.08. The van der Waals surface area contributed by atoms with E-state index in [0.29, 0.717) is 18.1 Å². The lowest BCUT2D eigenvalue weighted by atomic mass is 9.84. The van der Waals surface area contributed by atoms with E-state index < -0.39 is 0 Å². The van der Waals surface area contributed by atoms with Crippen LogP contribution in [0.2, 0.25) is 0 Å². The second-order valence-corrected chi connectivity index (χ2v) is 8.78. The Labute approximate surface area is 167 Å². The number of nitrogens with zero attached hydrogens (tertiary/aromatic N) is 3. The summed E-state index contributed by atoms with van der Waals surface area (Å²) >= 11 is 0. The van der Waals surface area contributed by atoms with E-state index in [-0.39, 0.29) is 0 Å². The Morgan fingerprint density at radius 2 is 1.96 bits per heavy atom. The molecule has 1 aromatic carbocycles. The number of piperidine rings is 3. The molecule has 6 rings (SSSR count). The minimum absolute atomic E-state index is 0.355. The number of para-hydroxylation sites is 1. The minimum atomic E-state index is 0.355. The molecule has 6 nitrogen and oxygen atoms in total. The quantitative estimate of drug-likeness (QED) is 0.849. The molecule has 4 saturated heterocycles. The van der Waals surface area contributed by atoms with E-state index in [2.05, 4.69) is 46.9 Å². The van der Waals surface area contributed by atoms with E-state index in [1.165, 1.54) is 25.9 Å². The summed E-state index contributed by atoms with van der Waals surface area (Å²) in [5, 5.41) is 7.19. The molecule has 150 valence electrons. The third kappa shape index (κ3) is 3.08. The fourth-order valence-electron chi connectivity index (χ4n) is 5.23. The molecule has 2 bridgehead atoms. The van der Waals surface area contributed by atoms with Gasteiger partial charge in [-0.15, -0.1) is 0 Å². The van der Waals surface area contributed by atoms with Crippen molar-refractivity contribution in [2.45, 2.75) is 44.8 Å². The second kappa shape index (κ2) is 7.08. The Morgan fingerprint density at radius 1 is 1.21 bits per heavy atom. The molecule has 2 N–H and O–H groups in total. The topological polar surface area (TPSA) is 56.6 Å². The zero-order chi connectivity index (χ0) is 19.3. The van der Waals surface area contributed by atoms with Gasteiger partial charge in [0.1, 0.15) is 5.52 Å². The smallest absolute Gasteiger partial charge is 0.298 e. The van der Waals surface area contributed by atoms with Crippen LogP contribution < -0.4 is 15.5 Å². The van der Waals surface area contributed by atoms with Gasteiger partial charge in [0.2, 0.25) is 0 Å². The number of anilines is 1. The van der Waals surface area contributed by atoms with Crippen LogP contribution in [0.25, 0.3) is 16.8 Å². The molecular formula is C22H31N5O. The van der Waals surface area contributed by atoms with E-state index in [1.807, 2.05) is 12.1 Å². The van der Waals surface area contributed by atoms with Crippen LogP contribution in [-0.4, -0.2) is 60.7 Å². The molecule has 0 radical (unpaired) electrons. The van der Waals surface area contributed by atoms with Crippen LogP contribution in [0.15, 0.2) is 29.2 Å². The van der Waals surface area contributed by atoms with Crippen molar-refractivity contribution in [1.82, 2.24) is 20.5 Å². The first kappa shape index (κ1) is 18.0. The van der Waals surface area contributed by atoms with Gasteiger partial charge in [-0.3, -0.25) is 0 Å². The van der Waals surface area contributed by atoms with E-state index in [9.17, 15) is 0 Å². The Hall–Kier alpha value is -2.05. The summed E-state index contributed by atoms with van der Waals surface area (Å²) in [4.78, 5) is 9.78. The summed E-state index contributed by atoms with van der Waals surface area (Å²) in [6.07, 6.45) is 2.59. The molecule has 0 amide bonds. The maximum Gasteiger partial charge on any atom is 0.298 e. The molecular weight excluding hydrogens is 350 g/mol. The first-order chi connectivity index (χ1) is 13.6. The van der Waals surface area contributed by atoms with E-state index in [1.54, 1.807) is 0 Å². The van der Waals surface area contributed by atoms with Crippen molar-refractivity contribution < 1.29 is 4.42 Å². The summed E-state index contributed by atoms with van der Waals surface area (Å²) in [5.74, 6) is 0.761. The number of benzene rings is 1. The molecule has 4 aliphatic heterocycles. The van der Waals surface area contributed by atoms with E-state index in [0.717, 1.165) is 53.9 Å². The van der Waals surface area contributed by atoms with Gasteiger partial charge in [0, 0.05) is 49.0 Å². The third-order valence-corrected chi connectivity index (χ3v) is 6.80. The van der Waals surface area contributed by atoms with Crippen molar-refractivity contribution in [2.75, 3.05) is 37.6 Å². The highest BCUT2D eigenvalue weighted by atomic mass is 16.4. The number of oxazole rings is 1. The fourth-order valence-corrected chi connectivity index (χ4v) is 5.23. The van der Waals surface area contributed by atoms with Gasteiger partial charge in [-0.1, -0.05) is 18.7 Å². The van der Waals surface area contributed by atoms with Crippen molar-refractivity contribution >= 4 is 22.8 Å². The van der Waals surface area contributed by atoms with Gasteiger partial charge in [0.15, 0.2) is 5.58 Å². The number of fused-ring (bicyclic) bond motifs is 4. The highest BCUT2D eigenvalue weighted by Gasteiger charge is 2.34. The summed E-state index contributed by atoms with van der Waals surface area (Å²) < 4.78 is 6.19. The fraction of sp³-hybridized carbons (Fsp3) is 0.591. The summed E-state index contributed by atoms with van der Waals surface area (Å²) in [7, 11) is 0. The number of hydrogen-bond acceptors (Lipinski definition) is 6. The first-order valence-electron chi connectivity index (χ1n) is 10.7. The van der Waals surface area contributed by atoms with E-state index >= 15 is 0 Å². The highest BCUT2D eigenvalue weighted by molar-refractivity contribution is 5.88. The molecule has 0 aliphatic carbocycles. The molecule has 2 aromatic rings. The molecule has 6 heteroatoms. The largest absolute Gasteiger partial charge is 0.423 e. The van der Waals surface area contributed by atoms with Crippen LogP contribution in [0.3, 0.4) is 0 Å². The van der Waals surface area contributed by atoms with Crippen LogP contribution >= 0.6 is 0 Å². The maximum atomic E-state index is 6.19. The second-order valence-electron chi connectivity index (χ2n) is 8.78. The van der Waals surface area contributed by atoms with Crippen LogP contribution in [-0.2, 0) is 0 Å². The monoisotopic (exact) mass is 381 g/mol. The van der Waals surface area contributed by atoms with Crippen molar-refractivity contribution in [2.24, 2.45) is 5.92 Å². The van der Waals surface area contributed by atoms with Crippen molar-refractivity contribution in [3.05, 3.63) is 30.3 Å². The SMILES string of the molecule is C=C(NC1CN2CCC1CC2)c1cccc2oc(N3[C@@H](C)CNC[C@@H]3C)nc12. The van der Waals surface area contributed by atoms with Gasteiger partial charge >= 0.3 is 0 Å². The molecule has 4 fully saturated rings. The van der Waals surface area contributed by atoms with Gasteiger partial charge in [-0.25, -0.2) is 0 Å². The van der Waals surface area contributed by atoms with Crippen LogP contribution in [0.4, 0.5) is 6.01 Å². The number of hydrogen-bond donors (Lipinski definition) is 2.